The van der Waals surface area contributed by atoms with E-state index in [-0.39, 0.29) is 0 Å². The van der Waals surface area contributed by atoms with Crippen molar-refractivity contribution in [2.24, 2.45) is 4.99 Å². The Morgan fingerprint density at radius 1 is 1.64 bits per heavy atom. The van der Waals surface area contributed by atoms with Crippen molar-refractivity contribution in [2.75, 3.05) is 13.3 Å². The third kappa shape index (κ3) is 1.84. The van der Waals surface area contributed by atoms with Crippen LogP contribution in [0.5, 0.6) is 0 Å². The molecule has 0 unspecified atom stereocenters. The monoisotopic (exact) mass is 185 g/mol. The predicted molar refractivity (Wildman–Crippen MR) is 55.0 cm³/mol. The van der Waals surface area contributed by atoms with E-state index in [1.807, 2.05) is 7.05 Å². The summed E-state index contributed by atoms with van der Waals surface area (Å²) in [7, 11) is 1.84. The molecule has 0 fully saturated rings. The molecule has 1 nitrogen and oxygen atoms in total. The molecule has 0 aromatic carbocycles. The highest BCUT2D eigenvalue weighted by atomic mass is 32.2. The van der Waals surface area contributed by atoms with E-state index >= 15 is 0 Å². The zero-order valence-electron chi connectivity index (χ0n) is 6.92. The molecule has 0 atom stereocenters. The van der Waals surface area contributed by atoms with Crippen LogP contribution in [0.1, 0.15) is 10.4 Å². The highest BCUT2D eigenvalue weighted by molar-refractivity contribution is 8.14. The Morgan fingerprint density at radius 2 is 2.36 bits per heavy atom. The van der Waals surface area contributed by atoms with Crippen molar-refractivity contribution in [2.45, 2.75) is 6.92 Å². The number of hydrogen-bond acceptors (Lipinski definition) is 3. The van der Waals surface area contributed by atoms with Gasteiger partial charge in [0.25, 0.3) is 0 Å². The van der Waals surface area contributed by atoms with Crippen molar-refractivity contribution >= 4 is 28.1 Å². The van der Waals surface area contributed by atoms with E-state index in [1.54, 1.807) is 23.1 Å². The van der Waals surface area contributed by atoms with Crippen LogP contribution in [0.2, 0.25) is 0 Å². The Kier molecular flexibility index (Phi) is 3.15. The first-order valence-corrected chi connectivity index (χ1v) is 5.45. The summed E-state index contributed by atoms with van der Waals surface area (Å²) in [5, 5.41) is 3.24. The maximum atomic E-state index is 4.20. The average molecular weight is 185 g/mol. The number of aryl methyl sites for hydroxylation is 1. The first kappa shape index (κ1) is 8.81. The zero-order chi connectivity index (χ0) is 8.27. The van der Waals surface area contributed by atoms with Crippen molar-refractivity contribution in [3.8, 4) is 0 Å². The molecule has 0 aliphatic carbocycles. The molecule has 0 amide bonds. The smallest absolute Gasteiger partial charge is 0.107 e. The topological polar surface area (TPSA) is 12.4 Å². The van der Waals surface area contributed by atoms with Crippen LogP contribution in [0.15, 0.2) is 16.4 Å². The summed E-state index contributed by atoms with van der Waals surface area (Å²) in [5.74, 6) is 0. The second-order valence-corrected chi connectivity index (χ2v) is 3.88. The summed E-state index contributed by atoms with van der Waals surface area (Å²) in [4.78, 5) is 5.51. The van der Waals surface area contributed by atoms with Gasteiger partial charge in [0.2, 0.25) is 0 Å². The number of thioether (sulfide) groups is 1. The first-order chi connectivity index (χ1) is 5.29. The normalized spacial score (nSPS) is 12.1. The fourth-order valence-electron chi connectivity index (χ4n) is 0.877. The molecular formula is C8H11NS2. The Labute approximate surface area is 75.5 Å². The lowest BCUT2D eigenvalue weighted by Crippen LogP contribution is -1.91. The molecule has 1 heterocycles. The van der Waals surface area contributed by atoms with Crippen LogP contribution in [-0.2, 0) is 0 Å². The van der Waals surface area contributed by atoms with Gasteiger partial charge >= 0.3 is 0 Å². The predicted octanol–water partition coefficient (Wildman–Crippen LogP) is 2.80. The molecule has 0 saturated carbocycles. The maximum Gasteiger partial charge on any atom is 0.107 e. The van der Waals surface area contributed by atoms with Gasteiger partial charge in [-0.2, -0.15) is 0 Å². The number of nitrogens with zero attached hydrogens (tertiary/aromatic N) is 1. The molecule has 0 bridgehead atoms. The van der Waals surface area contributed by atoms with Gasteiger partial charge < -0.3 is 0 Å². The summed E-state index contributed by atoms with van der Waals surface area (Å²) in [5.41, 5.74) is 1.32. The molecule has 1 rings (SSSR count). The lowest BCUT2D eigenvalue weighted by Gasteiger charge is -1.98. The summed E-state index contributed by atoms with van der Waals surface area (Å²) in [6.45, 7) is 2.12. The zero-order valence-corrected chi connectivity index (χ0v) is 8.55. The van der Waals surface area contributed by atoms with Gasteiger partial charge in [0.05, 0.1) is 4.88 Å². The lowest BCUT2D eigenvalue weighted by atomic mass is 10.3. The van der Waals surface area contributed by atoms with Crippen molar-refractivity contribution in [3.05, 3.63) is 21.9 Å². The van der Waals surface area contributed by atoms with Crippen LogP contribution in [0.4, 0.5) is 0 Å². The second-order valence-electron chi connectivity index (χ2n) is 2.17. The van der Waals surface area contributed by atoms with Crippen molar-refractivity contribution in [3.63, 3.8) is 0 Å². The summed E-state index contributed by atoms with van der Waals surface area (Å²) < 4.78 is 0. The maximum absolute atomic E-state index is 4.20. The van der Waals surface area contributed by atoms with Crippen molar-refractivity contribution in [1.82, 2.24) is 0 Å². The van der Waals surface area contributed by atoms with Gasteiger partial charge in [-0.05, 0) is 30.2 Å². The molecule has 1 aromatic rings. The first-order valence-electron chi connectivity index (χ1n) is 3.35. The van der Waals surface area contributed by atoms with Gasteiger partial charge in [-0.15, -0.1) is 23.1 Å². The molecule has 0 aliphatic rings. The Morgan fingerprint density at radius 3 is 2.73 bits per heavy atom. The fraction of sp³-hybridized carbons (Fsp3) is 0.375. The minimum Gasteiger partial charge on any atom is -0.280 e. The Hall–Kier alpha value is -0.280. The van der Waals surface area contributed by atoms with E-state index in [0.717, 1.165) is 5.04 Å². The number of thiophene rings is 1. The highest BCUT2D eigenvalue weighted by Gasteiger charge is 2.04. The minimum absolute atomic E-state index is 1.14. The minimum atomic E-state index is 1.14. The molecule has 0 aliphatic heterocycles. The highest BCUT2D eigenvalue weighted by Crippen LogP contribution is 2.21. The van der Waals surface area contributed by atoms with Crippen LogP contribution in [-0.4, -0.2) is 18.3 Å². The molecule has 0 spiro atoms. The van der Waals surface area contributed by atoms with Crippen LogP contribution in [0, 0.1) is 6.92 Å². The van der Waals surface area contributed by atoms with Gasteiger partial charge in [0.1, 0.15) is 5.04 Å². The molecule has 0 saturated heterocycles. The van der Waals surface area contributed by atoms with Crippen molar-refractivity contribution in [1.29, 1.82) is 0 Å². The van der Waals surface area contributed by atoms with Gasteiger partial charge in [-0.1, -0.05) is 0 Å². The summed E-state index contributed by atoms with van der Waals surface area (Å²) in [6.07, 6.45) is 2.06. The number of aliphatic imine (C=N–C) groups is 1. The van der Waals surface area contributed by atoms with Gasteiger partial charge in [0, 0.05) is 7.05 Å². The largest absolute Gasteiger partial charge is 0.280 e. The van der Waals surface area contributed by atoms with Crippen LogP contribution >= 0.6 is 23.1 Å². The van der Waals surface area contributed by atoms with E-state index in [4.69, 9.17) is 0 Å². The van der Waals surface area contributed by atoms with Gasteiger partial charge in [0.15, 0.2) is 0 Å². The van der Waals surface area contributed by atoms with Gasteiger partial charge in [-0.25, -0.2) is 0 Å². The molecule has 0 N–H and O–H groups in total. The van der Waals surface area contributed by atoms with E-state index in [9.17, 15) is 0 Å². The second kappa shape index (κ2) is 3.93. The molecule has 11 heavy (non-hydrogen) atoms. The van der Waals surface area contributed by atoms with Crippen LogP contribution in [0.25, 0.3) is 0 Å². The van der Waals surface area contributed by atoms with E-state index in [1.165, 1.54) is 10.4 Å². The SMILES string of the molecule is CN=C(SC)c1sccc1C. The van der Waals surface area contributed by atoms with E-state index in [2.05, 4.69) is 29.6 Å². The molecular weight excluding hydrogens is 174 g/mol. The lowest BCUT2D eigenvalue weighted by molar-refractivity contribution is 1.45. The standard InChI is InChI=1S/C8H11NS2/c1-6-4-5-11-7(6)8(9-2)10-3/h4-5H,1-3H3. The molecule has 1 aromatic heterocycles. The molecule has 3 heteroatoms. The van der Waals surface area contributed by atoms with E-state index in [0.29, 0.717) is 0 Å². The third-order valence-electron chi connectivity index (χ3n) is 1.45. The Bertz CT molecular complexity index is 263. The third-order valence-corrected chi connectivity index (χ3v) is 3.38. The van der Waals surface area contributed by atoms with Gasteiger partial charge in [-0.3, -0.25) is 4.99 Å². The average Bonchev–Trinajstić information content (AvgIpc) is 2.40. The quantitative estimate of drug-likeness (QED) is 0.484. The number of rotatable bonds is 1. The van der Waals surface area contributed by atoms with Crippen LogP contribution in [0.3, 0.4) is 0 Å². The fourth-order valence-corrected chi connectivity index (χ4v) is 2.65. The van der Waals surface area contributed by atoms with Crippen LogP contribution < -0.4 is 0 Å². The molecule has 0 radical (unpaired) electrons. The van der Waals surface area contributed by atoms with E-state index < -0.39 is 0 Å². The van der Waals surface area contributed by atoms with Crippen molar-refractivity contribution < 1.29 is 0 Å². The number of hydrogen-bond donors (Lipinski definition) is 0. The summed E-state index contributed by atoms with van der Waals surface area (Å²) in [6, 6.07) is 2.13. The summed E-state index contributed by atoms with van der Waals surface area (Å²) >= 11 is 3.46. The molecule has 60 valence electrons. The Balaban J connectivity index is 3.00.